The van der Waals surface area contributed by atoms with Gasteiger partial charge in [-0.05, 0) is 50.6 Å². The molecule has 1 heterocycles. The van der Waals surface area contributed by atoms with E-state index in [1.165, 1.54) is 18.2 Å². The van der Waals surface area contributed by atoms with Crippen LogP contribution in [0.2, 0.25) is 5.02 Å². The first-order valence-corrected chi connectivity index (χ1v) is 8.40. The van der Waals surface area contributed by atoms with Crippen LogP contribution in [0.25, 0.3) is 0 Å². The molecule has 2 aromatic rings. The second kappa shape index (κ2) is 9.44. The molecule has 0 aliphatic rings. The Morgan fingerprint density at radius 2 is 2.12 bits per heavy atom. The SMILES string of the molecule is CC(C)OCCCNC(=O)c1ccc(COc2ccc(F)cc2Cl)o1. The van der Waals surface area contributed by atoms with Crippen molar-refractivity contribution in [2.75, 3.05) is 13.2 Å². The van der Waals surface area contributed by atoms with Crippen molar-refractivity contribution in [1.82, 2.24) is 5.32 Å². The van der Waals surface area contributed by atoms with Crippen LogP contribution in [0.1, 0.15) is 36.6 Å². The number of halogens is 2. The van der Waals surface area contributed by atoms with Gasteiger partial charge in [-0.15, -0.1) is 0 Å². The van der Waals surface area contributed by atoms with Crippen LogP contribution in [-0.2, 0) is 11.3 Å². The summed E-state index contributed by atoms with van der Waals surface area (Å²) in [7, 11) is 0. The minimum atomic E-state index is -0.437. The van der Waals surface area contributed by atoms with Gasteiger partial charge in [0.25, 0.3) is 5.91 Å². The normalized spacial score (nSPS) is 10.9. The van der Waals surface area contributed by atoms with E-state index in [2.05, 4.69) is 5.32 Å². The lowest BCUT2D eigenvalue weighted by molar-refractivity contribution is 0.0753. The molecule has 136 valence electrons. The fourth-order valence-corrected chi connectivity index (χ4v) is 2.22. The van der Waals surface area contributed by atoms with Crippen molar-refractivity contribution in [3.8, 4) is 5.75 Å². The maximum absolute atomic E-state index is 13.0. The summed E-state index contributed by atoms with van der Waals surface area (Å²) in [6, 6.07) is 7.08. The standard InChI is InChI=1S/C18H21ClFNO4/c1-12(2)23-9-3-8-21-18(22)17-7-5-14(25-17)11-24-16-6-4-13(20)10-15(16)19/h4-7,10,12H,3,8-9,11H2,1-2H3,(H,21,22). The quantitative estimate of drug-likeness (QED) is 0.673. The summed E-state index contributed by atoms with van der Waals surface area (Å²) < 4.78 is 29.3. The maximum Gasteiger partial charge on any atom is 0.286 e. The Hall–Kier alpha value is -2.05. The average Bonchev–Trinajstić information content (AvgIpc) is 3.02. The first-order chi connectivity index (χ1) is 12.0. The van der Waals surface area contributed by atoms with Gasteiger partial charge in [0.2, 0.25) is 0 Å². The third-order valence-electron chi connectivity index (χ3n) is 3.21. The number of furan rings is 1. The molecule has 0 radical (unpaired) electrons. The first kappa shape index (κ1) is 19.3. The van der Waals surface area contributed by atoms with Gasteiger partial charge in [0.1, 0.15) is 23.9 Å². The molecule has 0 bridgehead atoms. The van der Waals surface area contributed by atoms with E-state index in [0.717, 1.165) is 6.42 Å². The Morgan fingerprint density at radius 1 is 1.32 bits per heavy atom. The van der Waals surface area contributed by atoms with Gasteiger partial charge in [0, 0.05) is 13.2 Å². The predicted octanol–water partition coefficient (Wildman–Crippen LogP) is 4.20. The van der Waals surface area contributed by atoms with E-state index in [9.17, 15) is 9.18 Å². The van der Waals surface area contributed by atoms with Crippen molar-refractivity contribution < 1.29 is 23.1 Å². The minimum absolute atomic E-state index is 0.0842. The number of rotatable bonds is 9. The molecule has 0 saturated carbocycles. The maximum atomic E-state index is 13.0. The third kappa shape index (κ3) is 6.40. The largest absolute Gasteiger partial charge is 0.484 e. The van der Waals surface area contributed by atoms with Crippen molar-refractivity contribution in [1.29, 1.82) is 0 Å². The lowest BCUT2D eigenvalue weighted by Gasteiger charge is -2.07. The molecule has 0 spiro atoms. The van der Waals surface area contributed by atoms with E-state index >= 15 is 0 Å². The Balaban J connectivity index is 1.78. The van der Waals surface area contributed by atoms with Gasteiger partial charge < -0.3 is 19.2 Å². The van der Waals surface area contributed by atoms with Crippen molar-refractivity contribution >= 4 is 17.5 Å². The smallest absolute Gasteiger partial charge is 0.286 e. The molecule has 25 heavy (non-hydrogen) atoms. The second-order valence-corrected chi connectivity index (χ2v) is 6.07. The van der Waals surface area contributed by atoms with Gasteiger partial charge in [-0.2, -0.15) is 0 Å². The molecule has 1 aromatic heterocycles. The highest BCUT2D eigenvalue weighted by molar-refractivity contribution is 6.32. The van der Waals surface area contributed by atoms with Gasteiger partial charge in [0.05, 0.1) is 11.1 Å². The molecule has 0 aliphatic carbocycles. The Morgan fingerprint density at radius 3 is 2.84 bits per heavy atom. The van der Waals surface area contributed by atoms with Crippen LogP contribution in [0.4, 0.5) is 4.39 Å². The number of benzene rings is 1. The molecule has 2 rings (SSSR count). The van der Waals surface area contributed by atoms with E-state index in [4.69, 9.17) is 25.5 Å². The number of carbonyl (C=O) groups is 1. The Bertz CT molecular complexity index is 702. The van der Waals surface area contributed by atoms with Gasteiger partial charge >= 0.3 is 0 Å². The molecular weight excluding hydrogens is 349 g/mol. The number of nitrogens with one attached hydrogen (secondary N) is 1. The first-order valence-electron chi connectivity index (χ1n) is 8.02. The molecule has 0 atom stereocenters. The topological polar surface area (TPSA) is 60.7 Å². The number of amides is 1. The predicted molar refractivity (Wildman–Crippen MR) is 92.5 cm³/mol. The summed E-state index contributed by atoms with van der Waals surface area (Å²) in [5.74, 6) is 0.279. The van der Waals surface area contributed by atoms with Crippen LogP contribution in [0.15, 0.2) is 34.7 Å². The van der Waals surface area contributed by atoms with Crippen molar-refractivity contribution in [3.05, 3.63) is 52.7 Å². The van der Waals surface area contributed by atoms with Gasteiger partial charge in [-0.3, -0.25) is 4.79 Å². The highest BCUT2D eigenvalue weighted by Gasteiger charge is 2.12. The summed E-state index contributed by atoms with van der Waals surface area (Å²) in [6.45, 7) is 5.10. The molecule has 1 N–H and O–H groups in total. The number of hydrogen-bond acceptors (Lipinski definition) is 4. The third-order valence-corrected chi connectivity index (χ3v) is 3.50. The summed E-state index contributed by atoms with van der Waals surface area (Å²) in [4.78, 5) is 12.0. The summed E-state index contributed by atoms with van der Waals surface area (Å²) in [6.07, 6.45) is 0.905. The van der Waals surface area contributed by atoms with Gasteiger partial charge in [-0.25, -0.2) is 4.39 Å². The highest BCUT2D eigenvalue weighted by Crippen LogP contribution is 2.25. The van der Waals surface area contributed by atoms with E-state index < -0.39 is 5.82 Å². The average molecular weight is 370 g/mol. The lowest BCUT2D eigenvalue weighted by atomic mass is 10.3. The molecule has 0 aliphatic heterocycles. The molecule has 0 fully saturated rings. The number of ether oxygens (including phenoxy) is 2. The highest BCUT2D eigenvalue weighted by atomic mass is 35.5. The van der Waals surface area contributed by atoms with Crippen LogP contribution < -0.4 is 10.1 Å². The van der Waals surface area contributed by atoms with Gasteiger partial charge in [-0.1, -0.05) is 11.6 Å². The number of hydrogen-bond donors (Lipinski definition) is 1. The molecule has 1 amide bonds. The Labute approximate surface area is 151 Å². The van der Waals surface area contributed by atoms with Crippen molar-refractivity contribution in [2.45, 2.75) is 33.0 Å². The van der Waals surface area contributed by atoms with Crippen LogP contribution in [-0.4, -0.2) is 25.2 Å². The van der Waals surface area contributed by atoms with E-state index in [1.54, 1.807) is 12.1 Å². The van der Waals surface area contributed by atoms with Crippen LogP contribution in [0.3, 0.4) is 0 Å². The summed E-state index contributed by atoms with van der Waals surface area (Å²) in [5, 5.41) is 2.93. The van der Waals surface area contributed by atoms with Crippen LogP contribution >= 0.6 is 11.6 Å². The van der Waals surface area contributed by atoms with Crippen LogP contribution in [0, 0.1) is 5.82 Å². The zero-order valence-electron chi connectivity index (χ0n) is 14.2. The fraction of sp³-hybridized carbons (Fsp3) is 0.389. The summed E-state index contributed by atoms with van der Waals surface area (Å²) in [5.41, 5.74) is 0. The molecule has 1 aromatic carbocycles. The van der Waals surface area contributed by atoms with E-state index in [0.29, 0.717) is 24.7 Å². The monoisotopic (exact) mass is 369 g/mol. The van der Waals surface area contributed by atoms with E-state index in [-0.39, 0.29) is 29.4 Å². The van der Waals surface area contributed by atoms with E-state index in [1.807, 2.05) is 13.8 Å². The van der Waals surface area contributed by atoms with Gasteiger partial charge in [0.15, 0.2) is 5.76 Å². The van der Waals surface area contributed by atoms with Crippen molar-refractivity contribution in [2.24, 2.45) is 0 Å². The summed E-state index contributed by atoms with van der Waals surface area (Å²) >= 11 is 5.88. The minimum Gasteiger partial charge on any atom is -0.484 e. The number of carbonyl (C=O) groups excluding carboxylic acids is 1. The molecule has 5 nitrogen and oxygen atoms in total. The molecule has 0 saturated heterocycles. The molecular formula is C18H21ClFNO4. The van der Waals surface area contributed by atoms with Crippen molar-refractivity contribution in [3.63, 3.8) is 0 Å². The second-order valence-electron chi connectivity index (χ2n) is 5.66. The zero-order chi connectivity index (χ0) is 18.2. The Kier molecular flexibility index (Phi) is 7.28. The molecule has 0 unspecified atom stereocenters. The molecule has 7 heteroatoms. The fourth-order valence-electron chi connectivity index (χ4n) is 2.00. The van der Waals surface area contributed by atoms with Crippen LogP contribution in [0.5, 0.6) is 5.75 Å². The lowest BCUT2D eigenvalue weighted by Crippen LogP contribution is -2.25. The zero-order valence-corrected chi connectivity index (χ0v) is 14.9.